The predicted octanol–water partition coefficient (Wildman–Crippen LogP) is 4.62. The number of rotatable bonds is 4. The fourth-order valence-electron chi connectivity index (χ4n) is 2.99. The summed E-state index contributed by atoms with van der Waals surface area (Å²) in [4.78, 5) is 11.6. The van der Waals surface area contributed by atoms with Crippen LogP contribution in [0.1, 0.15) is 35.6 Å². The van der Waals surface area contributed by atoms with Crippen molar-refractivity contribution in [1.29, 1.82) is 0 Å². The van der Waals surface area contributed by atoms with E-state index in [4.69, 9.17) is 9.47 Å². The zero-order valence-electron chi connectivity index (χ0n) is 13.0. The molecule has 2 aromatic rings. The molecule has 0 aliphatic heterocycles. The SMILES string of the molecule is COC(=O)Cc1ccccc1OC1CCCc2ccc(Br)cc21. The van der Waals surface area contributed by atoms with Crippen LogP contribution in [0, 0.1) is 0 Å². The van der Waals surface area contributed by atoms with Crippen LogP contribution in [0.15, 0.2) is 46.9 Å². The van der Waals surface area contributed by atoms with Crippen LogP contribution >= 0.6 is 15.9 Å². The van der Waals surface area contributed by atoms with Gasteiger partial charge in [0.1, 0.15) is 11.9 Å². The number of ether oxygens (including phenoxy) is 2. The number of carbonyl (C=O) groups is 1. The van der Waals surface area contributed by atoms with Gasteiger partial charge in [-0.15, -0.1) is 0 Å². The number of halogens is 1. The van der Waals surface area contributed by atoms with E-state index >= 15 is 0 Å². The monoisotopic (exact) mass is 374 g/mol. The lowest BCUT2D eigenvalue weighted by Gasteiger charge is -2.27. The first-order valence-corrected chi connectivity index (χ1v) is 8.56. The summed E-state index contributed by atoms with van der Waals surface area (Å²) in [5.74, 6) is 0.503. The molecule has 0 heterocycles. The van der Waals surface area contributed by atoms with Crippen molar-refractivity contribution in [2.24, 2.45) is 0 Å². The van der Waals surface area contributed by atoms with Crippen molar-refractivity contribution in [3.8, 4) is 5.75 Å². The van der Waals surface area contributed by atoms with Gasteiger partial charge in [0.25, 0.3) is 0 Å². The van der Waals surface area contributed by atoms with Gasteiger partial charge in [0.2, 0.25) is 0 Å². The van der Waals surface area contributed by atoms with Crippen LogP contribution in [0.2, 0.25) is 0 Å². The second-order valence-corrected chi connectivity index (χ2v) is 6.62. The molecule has 0 fully saturated rings. The molecule has 0 spiro atoms. The highest BCUT2D eigenvalue weighted by Crippen LogP contribution is 2.36. The quantitative estimate of drug-likeness (QED) is 0.732. The van der Waals surface area contributed by atoms with E-state index in [-0.39, 0.29) is 18.5 Å². The van der Waals surface area contributed by atoms with Crippen LogP contribution < -0.4 is 4.74 Å². The standard InChI is InChI=1S/C19H19BrO3/c1-22-19(21)11-14-5-2-3-7-17(14)23-18-8-4-6-13-9-10-15(20)12-16(13)18/h2-3,5,7,9-10,12,18H,4,6,8,11H2,1H3. The lowest BCUT2D eigenvalue weighted by molar-refractivity contribution is -0.139. The van der Waals surface area contributed by atoms with Crippen LogP contribution in [0.5, 0.6) is 5.75 Å². The van der Waals surface area contributed by atoms with E-state index < -0.39 is 0 Å². The molecule has 1 atom stereocenters. The Morgan fingerprint density at radius 1 is 1.26 bits per heavy atom. The van der Waals surface area contributed by atoms with Crippen LogP contribution in [0.25, 0.3) is 0 Å². The van der Waals surface area contributed by atoms with Crippen LogP contribution in [0.4, 0.5) is 0 Å². The van der Waals surface area contributed by atoms with Gasteiger partial charge < -0.3 is 9.47 Å². The fourth-order valence-corrected chi connectivity index (χ4v) is 3.37. The van der Waals surface area contributed by atoms with E-state index in [1.807, 2.05) is 24.3 Å². The van der Waals surface area contributed by atoms with Crippen molar-refractivity contribution in [1.82, 2.24) is 0 Å². The molecule has 0 radical (unpaired) electrons. The minimum atomic E-state index is -0.257. The molecule has 0 bridgehead atoms. The fraction of sp³-hybridized carbons (Fsp3) is 0.316. The van der Waals surface area contributed by atoms with Crippen molar-refractivity contribution in [2.45, 2.75) is 31.8 Å². The summed E-state index contributed by atoms with van der Waals surface area (Å²) < 4.78 is 12.1. The summed E-state index contributed by atoms with van der Waals surface area (Å²) >= 11 is 3.54. The van der Waals surface area contributed by atoms with Gasteiger partial charge in [0, 0.05) is 10.0 Å². The summed E-state index contributed by atoms with van der Waals surface area (Å²) in [6.07, 6.45) is 3.43. The van der Waals surface area contributed by atoms with Gasteiger partial charge in [-0.25, -0.2) is 0 Å². The second-order valence-electron chi connectivity index (χ2n) is 5.70. The van der Waals surface area contributed by atoms with Gasteiger partial charge in [-0.2, -0.15) is 0 Å². The molecule has 2 aromatic carbocycles. The normalized spacial score (nSPS) is 16.5. The number of hydrogen-bond donors (Lipinski definition) is 0. The molecule has 23 heavy (non-hydrogen) atoms. The number of carbonyl (C=O) groups excluding carboxylic acids is 1. The molecule has 1 aliphatic carbocycles. The molecule has 3 rings (SSSR count). The minimum absolute atomic E-state index is 0.0232. The van der Waals surface area contributed by atoms with Crippen molar-refractivity contribution < 1.29 is 14.3 Å². The van der Waals surface area contributed by atoms with Crippen molar-refractivity contribution >= 4 is 21.9 Å². The lowest BCUT2D eigenvalue weighted by atomic mass is 9.89. The maximum Gasteiger partial charge on any atom is 0.310 e. The van der Waals surface area contributed by atoms with Crippen molar-refractivity contribution in [2.75, 3.05) is 7.11 Å². The van der Waals surface area contributed by atoms with Gasteiger partial charge in [-0.3, -0.25) is 4.79 Å². The summed E-state index contributed by atoms with van der Waals surface area (Å²) in [5, 5.41) is 0. The molecule has 0 saturated heterocycles. The number of aryl methyl sites for hydroxylation is 1. The van der Waals surface area contributed by atoms with Gasteiger partial charge in [0.05, 0.1) is 13.5 Å². The Labute approximate surface area is 144 Å². The van der Waals surface area contributed by atoms with E-state index in [1.54, 1.807) is 0 Å². The number of methoxy groups -OCH3 is 1. The first-order chi connectivity index (χ1) is 11.2. The predicted molar refractivity (Wildman–Crippen MR) is 92.6 cm³/mol. The van der Waals surface area contributed by atoms with Gasteiger partial charge in [-0.1, -0.05) is 40.2 Å². The van der Waals surface area contributed by atoms with E-state index in [9.17, 15) is 4.79 Å². The second kappa shape index (κ2) is 7.18. The van der Waals surface area contributed by atoms with E-state index in [1.165, 1.54) is 18.2 Å². The molecule has 120 valence electrons. The zero-order valence-corrected chi connectivity index (χ0v) is 14.6. The zero-order chi connectivity index (χ0) is 16.2. The third-order valence-corrected chi connectivity index (χ3v) is 4.66. The molecule has 3 nitrogen and oxygen atoms in total. The molecule has 0 saturated carbocycles. The summed E-state index contributed by atoms with van der Waals surface area (Å²) in [6, 6.07) is 14.1. The Morgan fingerprint density at radius 3 is 2.91 bits per heavy atom. The first-order valence-electron chi connectivity index (χ1n) is 7.77. The molecule has 1 unspecified atom stereocenters. The molecule has 0 aromatic heterocycles. The highest BCUT2D eigenvalue weighted by atomic mass is 79.9. The van der Waals surface area contributed by atoms with Gasteiger partial charge in [0.15, 0.2) is 0 Å². The maximum absolute atomic E-state index is 11.6. The smallest absolute Gasteiger partial charge is 0.310 e. The molecular weight excluding hydrogens is 356 g/mol. The number of para-hydroxylation sites is 1. The number of esters is 1. The molecule has 1 aliphatic rings. The number of benzene rings is 2. The number of fused-ring (bicyclic) bond motifs is 1. The summed E-state index contributed by atoms with van der Waals surface area (Å²) in [6.45, 7) is 0. The van der Waals surface area contributed by atoms with Gasteiger partial charge >= 0.3 is 5.97 Å². The van der Waals surface area contributed by atoms with Crippen molar-refractivity contribution in [3.05, 3.63) is 63.6 Å². The molecule has 0 N–H and O–H groups in total. The average Bonchev–Trinajstić information content (AvgIpc) is 2.57. The van der Waals surface area contributed by atoms with E-state index in [0.29, 0.717) is 0 Å². The first kappa shape index (κ1) is 16.1. The third-order valence-electron chi connectivity index (χ3n) is 4.17. The topological polar surface area (TPSA) is 35.5 Å². The van der Waals surface area contributed by atoms with Crippen LogP contribution in [0.3, 0.4) is 0 Å². The Morgan fingerprint density at radius 2 is 2.09 bits per heavy atom. The largest absolute Gasteiger partial charge is 0.485 e. The lowest BCUT2D eigenvalue weighted by Crippen LogP contribution is -2.16. The summed E-state index contributed by atoms with van der Waals surface area (Å²) in [7, 11) is 1.40. The highest BCUT2D eigenvalue weighted by Gasteiger charge is 2.23. The Bertz CT molecular complexity index is 712. The van der Waals surface area contributed by atoms with E-state index in [2.05, 4.69) is 34.1 Å². The average molecular weight is 375 g/mol. The molecule has 0 amide bonds. The summed E-state index contributed by atoms with van der Waals surface area (Å²) in [5.41, 5.74) is 3.44. The number of hydrogen-bond acceptors (Lipinski definition) is 3. The van der Waals surface area contributed by atoms with Gasteiger partial charge in [-0.05, 0) is 48.6 Å². The molecule has 4 heteroatoms. The Hall–Kier alpha value is -1.81. The Balaban J connectivity index is 1.86. The molecular formula is C19H19BrO3. The Kier molecular flexibility index (Phi) is 5.01. The van der Waals surface area contributed by atoms with E-state index in [0.717, 1.165) is 35.0 Å². The van der Waals surface area contributed by atoms with Crippen molar-refractivity contribution in [3.63, 3.8) is 0 Å². The van der Waals surface area contributed by atoms with Crippen LogP contribution in [-0.2, 0) is 22.4 Å². The van der Waals surface area contributed by atoms with Crippen LogP contribution in [-0.4, -0.2) is 13.1 Å². The third kappa shape index (κ3) is 3.75. The maximum atomic E-state index is 11.6. The minimum Gasteiger partial charge on any atom is -0.485 e. The highest BCUT2D eigenvalue weighted by molar-refractivity contribution is 9.10.